The summed E-state index contributed by atoms with van der Waals surface area (Å²) in [5, 5.41) is 8.99. The van der Waals surface area contributed by atoms with Gasteiger partial charge in [-0.05, 0) is 79.5 Å². The normalized spacial score (nSPS) is 36.3. The molecule has 2 unspecified atom stereocenters. The third-order valence-corrected chi connectivity index (χ3v) is 7.01. The first-order valence-electron chi connectivity index (χ1n) is 8.76. The van der Waals surface area contributed by atoms with Gasteiger partial charge >= 0.3 is 5.97 Å². The molecule has 5 rings (SSSR count). The molecule has 1 N–H and O–H groups in total. The number of benzene rings is 1. The molecule has 120 valence electrons. The van der Waals surface area contributed by atoms with Crippen LogP contribution in [0.15, 0.2) is 24.3 Å². The third-order valence-electron chi connectivity index (χ3n) is 7.01. The van der Waals surface area contributed by atoms with Crippen LogP contribution in [0.25, 0.3) is 0 Å². The minimum Gasteiger partial charge on any atom is -0.478 e. The summed E-state index contributed by atoms with van der Waals surface area (Å²) in [5.74, 6) is 8.77. The topological polar surface area (TPSA) is 37.3 Å². The first-order chi connectivity index (χ1) is 10.9. The maximum Gasteiger partial charge on any atom is 0.335 e. The van der Waals surface area contributed by atoms with Crippen LogP contribution in [0.4, 0.5) is 0 Å². The highest BCUT2D eigenvalue weighted by Gasteiger charge is 2.60. The Bertz CT molecular complexity index is 688. The van der Waals surface area contributed by atoms with Crippen LogP contribution in [0.1, 0.15) is 61.9 Å². The fraction of sp³-hybridized carbons (Fsp3) is 0.571. The number of hydrogen-bond donors (Lipinski definition) is 1. The Labute approximate surface area is 138 Å². The summed E-state index contributed by atoms with van der Waals surface area (Å²) < 4.78 is 0. The SMILES string of the molecule is CC1(C)C2CC3CC(C2)CC1(C#Cc1ccc(C(=O)O)cc1)C3. The molecule has 0 aliphatic heterocycles. The van der Waals surface area contributed by atoms with Crippen molar-refractivity contribution in [1.29, 1.82) is 0 Å². The number of carboxylic acids is 1. The van der Waals surface area contributed by atoms with E-state index in [1.54, 1.807) is 12.1 Å². The van der Waals surface area contributed by atoms with Crippen molar-refractivity contribution in [2.75, 3.05) is 0 Å². The molecule has 0 saturated heterocycles. The molecule has 0 heterocycles. The Hall–Kier alpha value is -1.75. The van der Waals surface area contributed by atoms with Crippen molar-refractivity contribution in [1.82, 2.24) is 0 Å². The van der Waals surface area contributed by atoms with Crippen LogP contribution >= 0.6 is 0 Å². The van der Waals surface area contributed by atoms with E-state index in [9.17, 15) is 4.79 Å². The number of carbonyl (C=O) groups is 1. The molecular weight excluding hydrogens is 284 g/mol. The zero-order chi connectivity index (χ0) is 16.2. The summed E-state index contributed by atoms with van der Waals surface area (Å²) in [5.41, 5.74) is 1.72. The Kier molecular flexibility index (Phi) is 3.14. The second-order valence-corrected chi connectivity index (χ2v) is 8.48. The standard InChI is InChI=1S/C21H24O2/c1-20(2)18-10-15-9-16(11-18)13-21(20,12-15)8-7-14-3-5-17(6-4-14)19(22)23/h3-6,15-16,18H,9-13H2,1-2H3,(H,22,23). The molecular formula is C21H24O2. The zero-order valence-electron chi connectivity index (χ0n) is 13.9. The molecule has 0 amide bonds. The van der Waals surface area contributed by atoms with Gasteiger partial charge in [0.25, 0.3) is 0 Å². The summed E-state index contributed by atoms with van der Waals surface area (Å²) in [6, 6.07) is 6.97. The molecule has 2 nitrogen and oxygen atoms in total. The van der Waals surface area contributed by atoms with Crippen LogP contribution in [0, 0.1) is 40.4 Å². The predicted octanol–water partition coefficient (Wildman–Crippen LogP) is 4.59. The molecule has 2 heteroatoms. The molecule has 23 heavy (non-hydrogen) atoms. The summed E-state index contributed by atoms with van der Waals surface area (Å²) in [6.07, 6.45) is 6.74. The Morgan fingerprint density at radius 2 is 1.70 bits per heavy atom. The average Bonchev–Trinajstić information content (AvgIpc) is 2.51. The fourth-order valence-corrected chi connectivity index (χ4v) is 5.62. The number of aromatic carboxylic acids is 1. The van der Waals surface area contributed by atoms with E-state index in [2.05, 4.69) is 25.7 Å². The Balaban J connectivity index is 1.66. The Morgan fingerprint density at radius 3 is 2.26 bits per heavy atom. The van der Waals surface area contributed by atoms with Crippen LogP contribution in [-0.4, -0.2) is 11.1 Å². The van der Waals surface area contributed by atoms with E-state index < -0.39 is 5.97 Å². The van der Waals surface area contributed by atoms with E-state index in [0.29, 0.717) is 11.0 Å². The average molecular weight is 308 g/mol. The monoisotopic (exact) mass is 308 g/mol. The van der Waals surface area contributed by atoms with Gasteiger partial charge in [-0.3, -0.25) is 0 Å². The quantitative estimate of drug-likeness (QED) is 0.771. The second-order valence-electron chi connectivity index (χ2n) is 8.48. The summed E-state index contributed by atoms with van der Waals surface area (Å²) in [6.45, 7) is 4.86. The molecule has 2 atom stereocenters. The van der Waals surface area contributed by atoms with E-state index >= 15 is 0 Å². The molecule has 0 spiro atoms. The molecule has 4 fully saturated rings. The lowest BCUT2D eigenvalue weighted by molar-refractivity contribution is -0.127. The van der Waals surface area contributed by atoms with Gasteiger partial charge in [-0.2, -0.15) is 0 Å². The van der Waals surface area contributed by atoms with Crippen molar-refractivity contribution < 1.29 is 9.90 Å². The van der Waals surface area contributed by atoms with Gasteiger partial charge in [0.1, 0.15) is 0 Å². The molecule has 1 aromatic rings. The van der Waals surface area contributed by atoms with Crippen molar-refractivity contribution in [3.05, 3.63) is 35.4 Å². The van der Waals surface area contributed by atoms with Crippen LogP contribution in [0.5, 0.6) is 0 Å². The van der Waals surface area contributed by atoms with Crippen LogP contribution in [0.2, 0.25) is 0 Å². The third kappa shape index (κ3) is 2.21. The van der Waals surface area contributed by atoms with Crippen molar-refractivity contribution in [3.8, 4) is 11.8 Å². The number of rotatable bonds is 1. The van der Waals surface area contributed by atoms with E-state index in [1.807, 2.05) is 12.1 Å². The van der Waals surface area contributed by atoms with Gasteiger partial charge in [0.2, 0.25) is 0 Å². The minimum absolute atomic E-state index is 0.160. The zero-order valence-corrected chi connectivity index (χ0v) is 13.9. The summed E-state index contributed by atoms with van der Waals surface area (Å²) in [4.78, 5) is 10.9. The highest BCUT2D eigenvalue weighted by atomic mass is 16.4. The van der Waals surface area contributed by atoms with Crippen molar-refractivity contribution in [2.45, 2.75) is 46.0 Å². The molecule has 1 aromatic carbocycles. The maximum atomic E-state index is 10.9. The fourth-order valence-electron chi connectivity index (χ4n) is 5.62. The number of hydrogen-bond acceptors (Lipinski definition) is 1. The van der Waals surface area contributed by atoms with E-state index in [1.165, 1.54) is 32.1 Å². The van der Waals surface area contributed by atoms with Gasteiger partial charge in [-0.1, -0.05) is 25.7 Å². The van der Waals surface area contributed by atoms with E-state index in [-0.39, 0.29) is 5.41 Å². The van der Waals surface area contributed by atoms with Crippen LogP contribution < -0.4 is 0 Å². The number of carboxylic acid groups (broad SMARTS) is 1. The van der Waals surface area contributed by atoms with Crippen molar-refractivity contribution in [3.63, 3.8) is 0 Å². The van der Waals surface area contributed by atoms with Crippen LogP contribution in [-0.2, 0) is 0 Å². The predicted molar refractivity (Wildman–Crippen MR) is 90.0 cm³/mol. The second kappa shape index (κ2) is 4.87. The van der Waals surface area contributed by atoms with Crippen LogP contribution in [0.3, 0.4) is 0 Å². The lowest BCUT2D eigenvalue weighted by Crippen LogP contribution is -2.56. The molecule has 0 radical (unpaired) electrons. The van der Waals surface area contributed by atoms with Gasteiger partial charge < -0.3 is 5.11 Å². The summed E-state index contributed by atoms with van der Waals surface area (Å²) in [7, 11) is 0. The highest BCUT2D eigenvalue weighted by Crippen LogP contribution is 2.68. The first-order valence-corrected chi connectivity index (χ1v) is 8.76. The highest BCUT2D eigenvalue weighted by molar-refractivity contribution is 5.87. The van der Waals surface area contributed by atoms with Gasteiger partial charge in [0.15, 0.2) is 0 Å². The summed E-state index contributed by atoms with van der Waals surface area (Å²) >= 11 is 0. The Morgan fingerprint density at radius 1 is 1.09 bits per heavy atom. The molecule has 0 aromatic heterocycles. The molecule has 4 aliphatic rings. The largest absolute Gasteiger partial charge is 0.478 e. The minimum atomic E-state index is -0.883. The van der Waals surface area contributed by atoms with Gasteiger partial charge in [-0.25, -0.2) is 4.79 Å². The first kappa shape index (κ1) is 14.8. The van der Waals surface area contributed by atoms with Crippen molar-refractivity contribution in [2.24, 2.45) is 28.6 Å². The lowest BCUT2D eigenvalue weighted by atomic mass is 9.40. The molecule has 4 aliphatic carbocycles. The van der Waals surface area contributed by atoms with Gasteiger partial charge in [-0.15, -0.1) is 0 Å². The maximum absolute atomic E-state index is 10.9. The van der Waals surface area contributed by atoms with Gasteiger partial charge in [0, 0.05) is 11.0 Å². The van der Waals surface area contributed by atoms with Crippen molar-refractivity contribution >= 4 is 5.97 Å². The van der Waals surface area contributed by atoms with E-state index in [0.717, 1.165) is 23.3 Å². The molecule has 4 bridgehead atoms. The molecule has 4 saturated carbocycles. The smallest absolute Gasteiger partial charge is 0.335 e. The van der Waals surface area contributed by atoms with E-state index in [4.69, 9.17) is 5.11 Å². The van der Waals surface area contributed by atoms with Gasteiger partial charge in [0.05, 0.1) is 5.56 Å². The lowest BCUT2D eigenvalue weighted by Gasteiger charge is -2.64.